The molecule has 1 aliphatic carbocycles. The van der Waals surface area contributed by atoms with Crippen molar-refractivity contribution < 1.29 is 9.53 Å². The zero-order valence-electron chi connectivity index (χ0n) is 11.6. The zero-order valence-corrected chi connectivity index (χ0v) is 11.6. The normalized spacial score (nSPS) is 19.1. The lowest BCUT2D eigenvalue weighted by atomic mass is 9.97. The van der Waals surface area contributed by atoms with E-state index in [4.69, 9.17) is 4.74 Å². The maximum Gasteiger partial charge on any atom is 0.326 e. The third-order valence-electron chi connectivity index (χ3n) is 3.43. The van der Waals surface area contributed by atoms with Gasteiger partial charge in [-0.25, -0.2) is 0 Å². The van der Waals surface area contributed by atoms with E-state index in [0.717, 1.165) is 25.6 Å². The Balaban J connectivity index is 2.47. The molecule has 1 rings (SSSR count). The van der Waals surface area contributed by atoms with Crippen molar-refractivity contribution in [2.24, 2.45) is 0 Å². The van der Waals surface area contributed by atoms with Crippen LogP contribution in [0.2, 0.25) is 0 Å². The first-order chi connectivity index (χ1) is 8.03. The number of likely N-dealkylation sites (N-methyl/N-ethyl adjacent to an activating group) is 1. The highest BCUT2D eigenvalue weighted by atomic mass is 16.5. The monoisotopic (exact) mass is 242 g/mol. The van der Waals surface area contributed by atoms with Crippen LogP contribution in [0.1, 0.15) is 40.0 Å². The molecule has 0 aliphatic heterocycles. The van der Waals surface area contributed by atoms with Gasteiger partial charge in [0.25, 0.3) is 0 Å². The molecule has 4 heteroatoms. The van der Waals surface area contributed by atoms with E-state index in [1.165, 1.54) is 12.8 Å². The van der Waals surface area contributed by atoms with Gasteiger partial charge in [0.05, 0.1) is 6.61 Å². The molecule has 100 valence electrons. The average Bonchev–Trinajstić information content (AvgIpc) is 3.10. The van der Waals surface area contributed by atoms with Gasteiger partial charge in [-0.3, -0.25) is 4.79 Å². The van der Waals surface area contributed by atoms with Gasteiger partial charge in [0, 0.05) is 12.6 Å². The second kappa shape index (κ2) is 6.36. The average molecular weight is 242 g/mol. The number of nitrogens with one attached hydrogen (secondary N) is 1. The van der Waals surface area contributed by atoms with E-state index in [1.54, 1.807) is 0 Å². The van der Waals surface area contributed by atoms with E-state index in [9.17, 15) is 4.79 Å². The Morgan fingerprint density at radius 1 is 1.47 bits per heavy atom. The quantitative estimate of drug-likeness (QED) is 0.653. The van der Waals surface area contributed by atoms with Crippen LogP contribution in [0, 0.1) is 0 Å². The molecule has 1 aliphatic rings. The number of rotatable bonds is 8. The summed E-state index contributed by atoms with van der Waals surface area (Å²) in [5, 5.41) is 3.26. The van der Waals surface area contributed by atoms with E-state index in [-0.39, 0.29) is 5.97 Å². The molecule has 1 fully saturated rings. The van der Waals surface area contributed by atoms with Gasteiger partial charge >= 0.3 is 5.97 Å². The van der Waals surface area contributed by atoms with Gasteiger partial charge < -0.3 is 15.0 Å². The maximum absolute atomic E-state index is 11.9. The molecule has 0 aromatic carbocycles. The van der Waals surface area contributed by atoms with Crippen molar-refractivity contribution in [3.63, 3.8) is 0 Å². The standard InChI is InChI=1S/C13H26N2O2/c1-5-14-13(3,12(16)17-6-2)9-10-15(4)11-7-8-11/h11,14H,5-10H2,1-4H3. The molecule has 1 N–H and O–H groups in total. The molecule has 0 aromatic rings. The van der Waals surface area contributed by atoms with E-state index in [2.05, 4.69) is 17.3 Å². The van der Waals surface area contributed by atoms with Gasteiger partial charge in [-0.2, -0.15) is 0 Å². The third kappa shape index (κ3) is 4.28. The van der Waals surface area contributed by atoms with Gasteiger partial charge in [0.15, 0.2) is 0 Å². The number of nitrogens with zero attached hydrogens (tertiary/aromatic N) is 1. The molecule has 0 amide bonds. The predicted molar refractivity (Wildman–Crippen MR) is 69.0 cm³/mol. The second-order valence-electron chi connectivity index (χ2n) is 5.04. The minimum Gasteiger partial charge on any atom is -0.465 e. The Morgan fingerprint density at radius 3 is 2.59 bits per heavy atom. The molecule has 4 nitrogen and oxygen atoms in total. The first kappa shape index (κ1) is 14.5. The molecule has 1 unspecified atom stereocenters. The Kier molecular flexibility index (Phi) is 5.40. The molecule has 17 heavy (non-hydrogen) atoms. The second-order valence-corrected chi connectivity index (χ2v) is 5.04. The van der Waals surface area contributed by atoms with Gasteiger partial charge in [-0.15, -0.1) is 0 Å². The highest BCUT2D eigenvalue weighted by Crippen LogP contribution is 2.26. The van der Waals surface area contributed by atoms with Crippen molar-refractivity contribution in [3.8, 4) is 0 Å². The van der Waals surface area contributed by atoms with Crippen LogP contribution in [0.3, 0.4) is 0 Å². The highest BCUT2D eigenvalue weighted by molar-refractivity contribution is 5.80. The third-order valence-corrected chi connectivity index (χ3v) is 3.43. The number of ether oxygens (including phenoxy) is 1. The van der Waals surface area contributed by atoms with Crippen LogP contribution in [-0.2, 0) is 9.53 Å². The van der Waals surface area contributed by atoms with Crippen LogP contribution in [0.5, 0.6) is 0 Å². The summed E-state index contributed by atoms with van der Waals surface area (Å²) in [5.41, 5.74) is -0.548. The molecular formula is C13H26N2O2. The Morgan fingerprint density at radius 2 is 2.12 bits per heavy atom. The lowest BCUT2D eigenvalue weighted by molar-refractivity contribution is -0.151. The lowest BCUT2D eigenvalue weighted by Gasteiger charge is -2.30. The number of carbonyl (C=O) groups is 1. The molecule has 0 aromatic heterocycles. The summed E-state index contributed by atoms with van der Waals surface area (Å²) in [5.74, 6) is -0.133. The largest absolute Gasteiger partial charge is 0.465 e. The van der Waals surface area contributed by atoms with E-state index >= 15 is 0 Å². The minimum atomic E-state index is -0.548. The smallest absolute Gasteiger partial charge is 0.326 e. The Hall–Kier alpha value is -0.610. The van der Waals surface area contributed by atoms with Crippen molar-refractivity contribution in [1.82, 2.24) is 10.2 Å². The Bertz CT molecular complexity index is 254. The summed E-state index contributed by atoms with van der Waals surface area (Å²) >= 11 is 0. The molecule has 0 heterocycles. The van der Waals surface area contributed by atoms with Gasteiger partial charge in [0.1, 0.15) is 5.54 Å². The number of carbonyl (C=O) groups excluding carboxylic acids is 1. The van der Waals surface area contributed by atoms with Crippen LogP contribution in [0.4, 0.5) is 0 Å². The van der Waals surface area contributed by atoms with Gasteiger partial charge in [-0.1, -0.05) is 6.92 Å². The van der Waals surface area contributed by atoms with E-state index < -0.39 is 5.54 Å². The van der Waals surface area contributed by atoms with Crippen LogP contribution in [0.25, 0.3) is 0 Å². The number of hydrogen-bond acceptors (Lipinski definition) is 4. The molecule has 0 spiro atoms. The van der Waals surface area contributed by atoms with Crippen molar-refractivity contribution in [2.45, 2.75) is 51.6 Å². The minimum absolute atomic E-state index is 0.133. The molecular weight excluding hydrogens is 216 g/mol. The van der Waals surface area contributed by atoms with Gasteiger partial charge in [-0.05, 0) is 46.7 Å². The van der Waals surface area contributed by atoms with Crippen LogP contribution >= 0.6 is 0 Å². The van der Waals surface area contributed by atoms with E-state index in [0.29, 0.717) is 6.61 Å². The first-order valence-electron chi connectivity index (χ1n) is 6.66. The van der Waals surface area contributed by atoms with Crippen LogP contribution < -0.4 is 5.32 Å². The molecule has 1 saturated carbocycles. The van der Waals surface area contributed by atoms with E-state index in [1.807, 2.05) is 20.8 Å². The summed E-state index contributed by atoms with van der Waals surface area (Å²) in [7, 11) is 2.13. The fraction of sp³-hybridized carbons (Fsp3) is 0.923. The zero-order chi connectivity index (χ0) is 12.9. The van der Waals surface area contributed by atoms with Gasteiger partial charge in [0.2, 0.25) is 0 Å². The summed E-state index contributed by atoms with van der Waals surface area (Å²) in [6.07, 6.45) is 3.40. The van der Waals surface area contributed by atoms with Crippen molar-refractivity contribution in [1.29, 1.82) is 0 Å². The van der Waals surface area contributed by atoms with Crippen molar-refractivity contribution >= 4 is 5.97 Å². The fourth-order valence-electron chi connectivity index (χ4n) is 2.04. The topological polar surface area (TPSA) is 41.6 Å². The molecule has 0 radical (unpaired) electrons. The highest BCUT2D eigenvalue weighted by Gasteiger charge is 2.35. The predicted octanol–water partition coefficient (Wildman–Crippen LogP) is 1.40. The molecule has 1 atom stereocenters. The Labute approximate surface area is 105 Å². The SMILES string of the molecule is CCNC(C)(CCN(C)C1CC1)C(=O)OCC. The van der Waals surface area contributed by atoms with Crippen LogP contribution in [-0.4, -0.2) is 49.2 Å². The molecule has 0 bridgehead atoms. The first-order valence-corrected chi connectivity index (χ1v) is 6.66. The molecule has 0 saturated heterocycles. The van der Waals surface area contributed by atoms with Crippen LogP contribution in [0.15, 0.2) is 0 Å². The fourth-order valence-corrected chi connectivity index (χ4v) is 2.04. The number of esters is 1. The van der Waals surface area contributed by atoms with Crippen molar-refractivity contribution in [3.05, 3.63) is 0 Å². The summed E-state index contributed by atoms with van der Waals surface area (Å²) in [6, 6.07) is 0.739. The summed E-state index contributed by atoms with van der Waals surface area (Å²) in [6.45, 7) is 7.96. The van der Waals surface area contributed by atoms with Crippen molar-refractivity contribution in [2.75, 3.05) is 26.7 Å². The number of hydrogen-bond donors (Lipinski definition) is 1. The maximum atomic E-state index is 11.9. The summed E-state index contributed by atoms with van der Waals surface area (Å²) in [4.78, 5) is 14.3. The lowest BCUT2D eigenvalue weighted by Crippen LogP contribution is -2.52. The summed E-state index contributed by atoms with van der Waals surface area (Å²) < 4.78 is 5.15.